The normalized spacial score (nSPS) is 23.7. The maximum absolute atomic E-state index is 12.2. The number of nitrogens with one attached hydrogen (secondary N) is 1. The fraction of sp³-hybridized carbons (Fsp3) is 1.00. The molecule has 0 aromatic heterocycles. The molecule has 1 saturated heterocycles. The molecule has 0 bridgehead atoms. The summed E-state index contributed by atoms with van der Waals surface area (Å²) in [7, 11) is -2.97. The highest BCUT2D eigenvalue weighted by Gasteiger charge is 2.35. The lowest BCUT2D eigenvalue weighted by Crippen LogP contribution is -2.52. The molecule has 0 radical (unpaired) electrons. The van der Waals surface area contributed by atoms with E-state index < -0.39 is 9.84 Å². The first-order valence-corrected chi connectivity index (χ1v) is 10.0. The SMILES string of the molecule is CCS(=O)(=O)C1CSCCN1C(C)CCNC(C)C. The summed E-state index contributed by atoms with van der Waals surface area (Å²) in [6, 6.07) is 0.803. The predicted molar refractivity (Wildman–Crippen MR) is 84.5 cm³/mol. The summed E-state index contributed by atoms with van der Waals surface area (Å²) in [4.78, 5) is 2.19. The molecular formula is C13H28N2O2S2. The van der Waals surface area contributed by atoms with Gasteiger partial charge in [-0.05, 0) is 19.9 Å². The van der Waals surface area contributed by atoms with Gasteiger partial charge in [-0.25, -0.2) is 8.42 Å². The molecule has 0 spiro atoms. The second-order valence-electron chi connectivity index (χ2n) is 5.47. The Hall–Kier alpha value is 0.220. The van der Waals surface area contributed by atoms with Gasteiger partial charge in [0.1, 0.15) is 5.37 Å². The lowest BCUT2D eigenvalue weighted by molar-refractivity contribution is 0.194. The summed E-state index contributed by atoms with van der Waals surface area (Å²) in [5.41, 5.74) is 0. The highest BCUT2D eigenvalue weighted by Crippen LogP contribution is 2.24. The zero-order valence-corrected chi connectivity index (χ0v) is 14.2. The van der Waals surface area contributed by atoms with Gasteiger partial charge in [0.25, 0.3) is 0 Å². The molecule has 1 fully saturated rings. The standard InChI is InChI=1S/C13H28N2O2S2/c1-5-19(16,17)13-10-18-9-8-15(13)12(4)6-7-14-11(2)3/h11-14H,5-10H2,1-4H3. The van der Waals surface area contributed by atoms with Crippen LogP contribution in [0, 0.1) is 0 Å². The van der Waals surface area contributed by atoms with Crippen LogP contribution in [0.3, 0.4) is 0 Å². The smallest absolute Gasteiger partial charge is 0.166 e. The van der Waals surface area contributed by atoms with Crippen molar-refractivity contribution in [3.8, 4) is 0 Å². The van der Waals surface area contributed by atoms with Gasteiger partial charge in [-0.3, -0.25) is 4.90 Å². The van der Waals surface area contributed by atoms with Gasteiger partial charge in [0.2, 0.25) is 0 Å². The van der Waals surface area contributed by atoms with Crippen LogP contribution in [0.4, 0.5) is 0 Å². The molecule has 4 nitrogen and oxygen atoms in total. The van der Waals surface area contributed by atoms with Crippen molar-refractivity contribution in [2.24, 2.45) is 0 Å². The first-order valence-electron chi connectivity index (χ1n) is 7.17. The van der Waals surface area contributed by atoms with Gasteiger partial charge in [0.05, 0.1) is 0 Å². The fourth-order valence-corrected chi connectivity index (χ4v) is 5.48. The molecule has 0 aliphatic carbocycles. The third-order valence-electron chi connectivity index (χ3n) is 3.62. The largest absolute Gasteiger partial charge is 0.314 e. The number of nitrogens with zero attached hydrogens (tertiary/aromatic N) is 1. The van der Waals surface area contributed by atoms with Crippen LogP contribution in [0.5, 0.6) is 0 Å². The number of hydrogen-bond donors (Lipinski definition) is 1. The van der Waals surface area contributed by atoms with Crippen molar-refractivity contribution in [1.29, 1.82) is 0 Å². The Morgan fingerprint density at radius 2 is 2.05 bits per heavy atom. The van der Waals surface area contributed by atoms with Crippen molar-refractivity contribution in [2.75, 3.05) is 30.3 Å². The highest BCUT2D eigenvalue weighted by atomic mass is 32.2. The van der Waals surface area contributed by atoms with E-state index in [4.69, 9.17) is 0 Å². The zero-order valence-electron chi connectivity index (χ0n) is 12.6. The van der Waals surface area contributed by atoms with Crippen molar-refractivity contribution in [1.82, 2.24) is 10.2 Å². The third kappa shape index (κ3) is 5.25. The Morgan fingerprint density at radius 1 is 1.37 bits per heavy atom. The van der Waals surface area contributed by atoms with E-state index in [0.29, 0.717) is 12.1 Å². The summed E-state index contributed by atoms with van der Waals surface area (Å²) in [5, 5.41) is 3.11. The van der Waals surface area contributed by atoms with Crippen LogP contribution in [-0.2, 0) is 9.84 Å². The molecule has 2 atom stereocenters. The lowest BCUT2D eigenvalue weighted by Gasteiger charge is -2.39. The van der Waals surface area contributed by atoms with Gasteiger partial charge in [0.15, 0.2) is 9.84 Å². The summed E-state index contributed by atoms with van der Waals surface area (Å²) in [6.07, 6.45) is 0.999. The van der Waals surface area contributed by atoms with Crippen LogP contribution in [0.1, 0.15) is 34.1 Å². The average molecular weight is 309 g/mol. The van der Waals surface area contributed by atoms with Crippen molar-refractivity contribution in [2.45, 2.75) is 51.6 Å². The molecule has 2 unspecified atom stereocenters. The van der Waals surface area contributed by atoms with Crippen LogP contribution in [0.25, 0.3) is 0 Å². The minimum absolute atomic E-state index is 0.242. The van der Waals surface area contributed by atoms with Gasteiger partial charge < -0.3 is 5.32 Å². The van der Waals surface area contributed by atoms with Crippen LogP contribution in [0.15, 0.2) is 0 Å². The fourth-order valence-electron chi connectivity index (χ4n) is 2.35. The minimum atomic E-state index is -2.97. The molecule has 0 saturated carbocycles. The van der Waals surface area contributed by atoms with Crippen molar-refractivity contribution < 1.29 is 8.42 Å². The second kappa shape index (κ2) is 7.86. The highest BCUT2D eigenvalue weighted by molar-refractivity contribution is 8.01. The zero-order chi connectivity index (χ0) is 14.5. The van der Waals surface area contributed by atoms with Gasteiger partial charge in [-0.1, -0.05) is 20.8 Å². The Bertz CT molecular complexity index is 358. The quantitative estimate of drug-likeness (QED) is 0.774. The number of rotatable bonds is 7. The van der Waals surface area contributed by atoms with E-state index in [1.165, 1.54) is 0 Å². The second-order valence-corrected chi connectivity index (χ2v) is 9.06. The van der Waals surface area contributed by atoms with E-state index in [1.54, 1.807) is 18.7 Å². The molecule has 114 valence electrons. The van der Waals surface area contributed by atoms with Crippen molar-refractivity contribution >= 4 is 21.6 Å². The Morgan fingerprint density at radius 3 is 2.63 bits per heavy atom. The number of sulfone groups is 1. The van der Waals surface area contributed by atoms with Gasteiger partial charge in [0, 0.05) is 35.9 Å². The van der Waals surface area contributed by atoms with Gasteiger partial charge in [-0.2, -0.15) is 11.8 Å². The molecule has 1 aliphatic heterocycles. The monoisotopic (exact) mass is 308 g/mol. The van der Waals surface area contributed by atoms with Crippen LogP contribution < -0.4 is 5.32 Å². The average Bonchev–Trinajstić information content (AvgIpc) is 2.38. The van der Waals surface area contributed by atoms with Crippen molar-refractivity contribution in [3.63, 3.8) is 0 Å². The Kier molecular flexibility index (Phi) is 7.14. The minimum Gasteiger partial charge on any atom is -0.314 e. The number of thioether (sulfide) groups is 1. The van der Waals surface area contributed by atoms with Crippen LogP contribution in [-0.4, -0.2) is 61.1 Å². The molecule has 1 heterocycles. The summed E-state index contributed by atoms with van der Waals surface area (Å²) in [5.74, 6) is 2.00. The van der Waals surface area contributed by atoms with Crippen LogP contribution >= 0.6 is 11.8 Å². The van der Waals surface area contributed by atoms with E-state index in [-0.39, 0.29) is 11.1 Å². The molecule has 6 heteroatoms. The molecule has 1 rings (SSSR count). The Labute approximate surface area is 122 Å². The Balaban J connectivity index is 2.61. The van der Waals surface area contributed by atoms with E-state index in [2.05, 4.69) is 31.0 Å². The summed E-state index contributed by atoms with van der Waals surface area (Å²) < 4.78 is 24.4. The topological polar surface area (TPSA) is 49.4 Å². The molecule has 1 aliphatic rings. The molecule has 19 heavy (non-hydrogen) atoms. The van der Waals surface area contributed by atoms with Gasteiger partial charge >= 0.3 is 0 Å². The molecule has 0 amide bonds. The summed E-state index contributed by atoms with van der Waals surface area (Å²) >= 11 is 1.76. The predicted octanol–water partition coefficient (Wildman–Crippen LogP) is 1.57. The van der Waals surface area contributed by atoms with Gasteiger partial charge in [-0.15, -0.1) is 0 Å². The van der Waals surface area contributed by atoms with Crippen molar-refractivity contribution in [3.05, 3.63) is 0 Å². The summed E-state index contributed by atoms with van der Waals surface area (Å²) in [6.45, 7) is 9.99. The third-order valence-corrected chi connectivity index (χ3v) is 6.93. The first-order chi connectivity index (χ1) is 8.88. The van der Waals surface area contributed by atoms with E-state index in [0.717, 1.165) is 31.0 Å². The van der Waals surface area contributed by atoms with E-state index in [1.807, 2.05) is 0 Å². The molecular weight excluding hydrogens is 280 g/mol. The maximum atomic E-state index is 12.2. The molecule has 1 N–H and O–H groups in total. The van der Waals surface area contributed by atoms with Crippen LogP contribution in [0.2, 0.25) is 0 Å². The van der Waals surface area contributed by atoms with E-state index in [9.17, 15) is 8.42 Å². The maximum Gasteiger partial charge on any atom is 0.166 e. The molecule has 0 aromatic rings. The molecule has 0 aromatic carbocycles. The first kappa shape index (κ1) is 17.3. The number of hydrogen-bond acceptors (Lipinski definition) is 5. The van der Waals surface area contributed by atoms with E-state index >= 15 is 0 Å². The lowest BCUT2D eigenvalue weighted by atomic mass is 10.2.